The molecule has 6 heteroatoms. The number of carbonyl (C=O) groups is 2. The quantitative estimate of drug-likeness (QED) is 0.302. The van der Waals surface area contributed by atoms with E-state index in [4.69, 9.17) is 9.47 Å². The second-order valence-electron chi connectivity index (χ2n) is 8.85. The van der Waals surface area contributed by atoms with Crippen LogP contribution in [0.15, 0.2) is 66.2 Å². The largest absolute Gasteiger partial charge is 0.507 e. The number of nitrogens with zero attached hydrogens (tertiary/aromatic N) is 1. The zero-order valence-corrected chi connectivity index (χ0v) is 20.6. The van der Waals surface area contributed by atoms with Crippen molar-refractivity contribution in [2.24, 2.45) is 0 Å². The SMILES string of the molecule is COc1ccc(CN2C(=O)C(=O)/C(=C(/O)c3cc(C)cc(C)c3OC)C2c2cccc(C)c2)cc1. The van der Waals surface area contributed by atoms with Gasteiger partial charge >= 0.3 is 0 Å². The minimum atomic E-state index is -0.748. The van der Waals surface area contributed by atoms with Crippen LogP contribution in [0, 0.1) is 20.8 Å². The van der Waals surface area contributed by atoms with Gasteiger partial charge in [-0.3, -0.25) is 9.59 Å². The van der Waals surface area contributed by atoms with Crippen molar-refractivity contribution in [3.05, 3.63) is 99.6 Å². The maximum absolute atomic E-state index is 13.4. The molecule has 35 heavy (non-hydrogen) atoms. The Morgan fingerprint density at radius 3 is 2.26 bits per heavy atom. The van der Waals surface area contributed by atoms with Gasteiger partial charge < -0.3 is 19.5 Å². The number of aryl methyl sites for hydroxylation is 3. The second-order valence-corrected chi connectivity index (χ2v) is 8.85. The molecule has 1 unspecified atom stereocenters. The lowest BCUT2D eigenvalue weighted by Gasteiger charge is -2.26. The van der Waals surface area contributed by atoms with Crippen LogP contribution in [0.2, 0.25) is 0 Å². The molecule has 1 heterocycles. The molecular weight excluding hydrogens is 442 g/mol. The lowest BCUT2D eigenvalue weighted by atomic mass is 9.93. The smallest absolute Gasteiger partial charge is 0.295 e. The summed E-state index contributed by atoms with van der Waals surface area (Å²) in [5, 5.41) is 11.5. The molecule has 0 aliphatic carbocycles. The molecule has 0 spiro atoms. The predicted molar refractivity (Wildman–Crippen MR) is 134 cm³/mol. The lowest BCUT2D eigenvalue weighted by Crippen LogP contribution is -2.29. The number of rotatable bonds is 6. The van der Waals surface area contributed by atoms with Crippen molar-refractivity contribution < 1.29 is 24.2 Å². The van der Waals surface area contributed by atoms with Crippen LogP contribution in [0.5, 0.6) is 11.5 Å². The van der Waals surface area contributed by atoms with Gasteiger partial charge in [0.2, 0.25) is 0 Å². The molecule has 3 aromatic rings. The van der Waals surface area contributed by atoms with Crippen LogP contribution < -0.4 is 9.47 Å². The number of aliphatic hydroxyl groups is 1. The Bertz CT molecular complexity index is 1320. The number of ether oxygens (including phenoxy) is 2. The first-order valence-electron chi connectivity index (χ1n) is 11.4. The number of ketones is 1. The monoisotopic (exact) mass is 471 g/mol. The van der Waals surface area contributed by atoms with Gasteiger partial charge in [0.25, 0.3) is 11.7 Å². The van der Waals surface area contributed by atoms with Crippen LogP contribution in [0.3, 0.4) is 0 Å². The molecule has 1 N–H and O–H groups in total. The molecule has 1 amide bonds. The predicted octanol–water partition coefficient (Wildman–Crippen LogP) is 5.25. The molecule has 3 aromatic carbocycles. The molecule has 0 radical (unpaired) electrons. The van der Waals surface area contributed by atoms with Crippen LogP contribution in [-0.2, 0) is 16.1 Å². The molecule has 1 saturated heterocycles. The van der Waals surface area contributed by atoms with E-state index in [0.29, 0.717) is 17.1 Å². The van der Waals surface area contributed by atoms with Crippen LogP contribution >= 0.6 is 0 Å². The average molecular weight is 472 g/mol. The number of aliphatic hydroxyl groups excluding tert-OH is 1. The zero-order valence-electron chi connectivity index (χ0n) is 20.6. The Kier molecular flexibility index (Phi) is 6.65. The maximum Gasteiger partial charge on any atom is 0.295 e. The molecule has 6 nitrogen and oxygen atoms in total. The molecule has 1 atom stereocenters. The minimum Gasteiger partial charge on any atom is -0.507 e. The zero-order chi connectivity index (χ0) is 25.3. The lowest BCUT2D eigenvalue weighted by molar-refractivity contribution is -0.140. The van der Waals surface area contributed by atoms with Gasteiger partial charge in [0.1, 0.15) is 17.3 Å². The fraction of sp³-hybridized carbons (Fsp3) is 0.241. The van der Waals surface area contributed by atoms with Crippen molar-refractivity contribution in [3.63, 3.8) is 0 Å². The van der Waals surface area contributed by atoms with Crippen molar-refractivity contribution in [2.45, 2.75) is 33.4 Å². The van der Waals surface area contributed by atoms with Gasteiger partial charge in [0, 0.05) is 6.54 Å². The Balaban J connectivity index is 1.90. The van der Waals surface area contributed by atoms with Crippen molar-refractivity contribution in [1.29, 1.82) is 0 Å². The third-order valence-corrected chi connectivity index (χ3v) is 6.29. The Morgan fingerprint density at radius 2 is 1.63 bits per heavy atom. The van der Waals surface area contributed by atoms with Crippen molar-refractivity contribution in [3.8, 4) is 11.5 Å². The third kappa shape index (κ3) is 4.52. The third-order valence-electron chi connectivity index (χ3n) is 6.29. The van der Waals surface area contributed by atoms with Crippen LogP contribution in [0.25, 0.3) is 5.76 Å². The van der Waals surface area contributed by atoms with Gasteiger partial charge in [-0.15, -0.1) is 0 Å². The number of Topliss-reactive ketones (excluding diaryl/α,β-unsaturated/α-hetero) is 1. The van der Waals surface area contributed by atoms with E-state index in [2.05, 4.69) is 0 Å². The highest BCUT2D eigenvalue weighted by Gasteiger charge is 2.46. The molecule has 1 aliphatic heterocycles. The normalized spacial score (nSPS) is 17.1. The fourth-order valence-electron chi connectivity index (χ4n) is 4.70. The number of methoxy groups -OCH3 is 2. The minimum absolute atomic E-state index is 0.0532. The van der Waals surface area contributed by atoms with E-state index in [1.54, 1.807) is 13.2 Å². The molecule has 0 aromatic heterocycles. The summed E-state index contributed by atoms with van der Waals surface area (Å²) in [5.41, 5.74) is 4.76. The summed E-state index contributed by atoms with van der Waals surface area (Å²) in [7, 11) is 3.11. The summed E-state index contributed by atoms with van der Waals surface area (Å²) in [5.74, 6) is -0.443. The number of carbonyl (C=O) groups excluding carboxylic acids is 2. The van der Waals surface area contributed by atoms with E-state index in [0.717, 1.165) is 27.8 Å². The van der Waals surface area contributed by atoms with Crippen LogP contribution in [0.1, 0.15) is 39.4 Å². The Hall–Kier alpha value is -4.06. The van der Waals surface area contributed by atoms with Gasteiger partial charge in [-0.1, -0.05) is 48.0 Å². The average Bonchev–Trinajstić information content (AvgIpc) is 3.08. The standard InChI is InChI=1S/C29H29NO5/c1-17-7-6-8-21(14-17)25-24(26(31)23-15-18(2)13-19(3)28(23)35-5)27(32)29(33)30(25)16-20-9-11-22(34-4)12-10-20/h6-15,25,31H,16H2,1-5H3/b26-24+. The van der Waals surface area contributed by atoms with Crippen LogP contribution in [0.4, 0.5) is 0 Å². The molecule has 0 bridgehead atoms. The highest BCUT2D eigenvalue weighted by atomic mass is 16.5. The number of hydrogen-bond acceptors (Lipinski definition) is 5. The van der Waals surface area contributed by atoms with Gasteiger partial charge in [-0.25, -0.2) is 0 Å². The first kappa shape index (κ1) is 24.1. The van der Waals surface area contributed by atoms with E-state index in [9.17, 15) is 14.7 Å². The van der Waals surface area contributed by atoms with Gasteiger partial charge in [-0.2, -0.15) is 0 Å². The molecule has 4 rings (SSSR count). The number of likely N-dealkylation sites (tertiary alicyclic amines) is 1. The molecular formula is C29H29NO5. The topological polar surface area (TPSA) is 76.1 Å². The summed E-state index contributed by atoms with van der Waals surface area (Å²) in [6.45, 7) is 5.94. The Labute approximate surface area is 205 Å². The van der Waals surface area contributed by atoms with E-state index in [1.807, 2.05) is 75.4 Å². The van der Waals surface area contributed by atoms with E-state index in [-0.39, 0.29) is 17.9 Å². The van der Waals surface area contributed by atoms with E-state index < -0.39 is 17.7 Å². The van der Waals surface area contributed by atoms with E-state index in [1.165, 1.54) is 12.0 Å². The summed E-state index contributed by atoms with van der Waals surface area (Å²) in [4.78, 5) is 28.2. The highest BCUT2D eigenvalue weighted by Crippen LogP contribution is 2.42. The molecule has 1 fully saturated rings. The van der Waals surface area contributed by atoms with Crippen molar-refractivity contribution in [1.82, 2.24) is 4.90 Å². The molecule has 180 valence electrons. The summed E-state index contributed by atoms with van der Waals surface area (Å²) in [6, 6.07) is 17.9. The summed E-state index contributed by atoms with van der Waals surface area (Å²) in [6.07, 6.45) is 0. The molecule has 0 saturated carbocycles. The van der Waals surface area contributed by atoms with Crippen molar-refractivity contribution >= 4 is 17.4 Å². The van der Waals surface area contributed by atoms with Gasteiger partial charge in [0.05, 0.1) is 31.4 Å². The molecule has 1 aliphatic rings. The summed E-state index contributed by atoms with van der Waals surface area (Å²) < 4.78 is 10.8. The van der Waals surface area contributed by atoms with Crippen molar-refractivity contribution in [2.75, 3.05) is 14.2 Å². The van der Waals surface area contributed by atoms with E-state index >= 15 is 0 Å². The Morgan fingerprint density at radius 1 is 0.914 bits per heavy atom. The fourth-order valence-corrected chi connectivity index (χ4v) is 4.70. The van der Waals surface area contributed by atoms with Gasteiger partial charge in [-0.05, 0) is 61.2 Å². The number of benzene rings is 3. The maximum atomic E-state index is 13.4. The number of hydrogen-bond donors (Lipinski definition) is 1. The summed E-state index contributed by atoms with van der Waals surface area (Å²) >= 11 is 0. The van der Waals surface area contributed by atoms with Gasteiger partial charge in [0.15, 0.2) is 0 Å². The highest BCUT2D eigenvalue weighted by molar-refractivity contribution is 6.46. The first-order valence-corrected chi connectivity index (χ1v) is 11.4. The number of amides is 1. The first-order chi connectivity index (χ1) is 16.7. The second kappa shape index (κ2) is 9.66. The van der Waals surface area contributed by atoms with Crippen LogP contribution in [-0.4, -0.2) is 35.9 Å².